The molecule has 74 valence electrons. The van der Waals surface area contributed by atoms with Gasteiger partial charge in [-0.05, 0) is 12.1 Å². The Balaban J connectivity index is 2.37. The largest absolute Gasteiger partial charge is 0.490 e. The molecule has 0 spiro atoms. The van der Waals surface area contributed by atoms with E-state index in [2.05, 4.69) is 5.32 Å². The van der Waals surface area contributed by atoms with Gasteiger partial charge >= 0.3 is 0 Å². The molecule has 1 atom stereocenters. The van der Waals surface area contributed by atoms with E-state index in [4.69, 9.17) is 4.74 Å². The van der Waals surface area contributed by atoms with Crippen molar-refractivity contribution in [1.82, 2.24) is 0 Å². The first-order chi connectivity index (χ1) is 6.66. The Kier molecular flexibility index (Phi) is 2.11. The summed E-state index contributed by atoms with van der Waals surface area (Å²) in [5.41, 5.74) is 0.528. The molecule has 1 aliphatic heterocycles. The highest BCUT2D eigenvalue weighted by molar-refractivity contribution is 5.94. The minimum absolute atomic E-state index is 0.102. The molecule has 0 aromatic heterocycles. The molecule has 1 aromatic carbocycles. The molecule has 0 saturated carbocycles. The number of hydrogen-bond acceptors (Lipinski definition) is 2. The molecule has 0 radical (unpaired) electrons. The minimum Gasteiger partial charge on any atom is -0.490 e. The molecule has 0 bridgehead atoms. The predicted octanol–water partition coefficient (Wildman–Crippen LogP) is 1.79. The van der Waals surface area contributed by atoms with Gasteiger partial charge in [-0.25, -0.2) is 4.39 Å². The Morgan fingerprint density at radius 2 is 2.36 bits per heavy atom. The van der Waals surface area contributed by atoms with Crippen LogP contribution < -0.4 is 10.1 Å². The molecule has 3 nitrogen and oxygen atoms in total. The average Bonchev–Trinajstić information content (AvgIpc) is 2.29. The van der Waals surface area contributed by atoms with E-state index in [-0.39, 0.29) is 24.2 Å². The summed E-state index contributed by atoms with van der Waals surface area (Å²) >= 11 is 0. The van der Waals surface area contributed by atoms with Gasteiger partial charge in [0.05, 0.1) is 18.2 Å². The summed E-state index contributed by atoms with van der Waals surface area (Å²) in [7, 11) is 0. The first-order valence-corrected chi connectivity index (χ1v) is 4.40. The van der Waals surface area contributed by atoms with E-state index in [0.717, 1.165) is 0 Å². The Labute approximate surface area is 80.9 Å². The van der Waals surface area contributed by atoms with Crippen LogP contribution in [0.4, 0.5) is 10.1 Å². The molecule has 1 aromatic rings. The summed E-state index contributed by atoms with van der Waals surface area (Å²) in [4.78, 5) is 11.4. The maximum atomic E-state index is 12.8. The molecule has 0 aliphatic carbocycles. The van der Waals surface area contributed by atoms with Crippen molar-refractivity contribution in [3.8, 4) is 5.75 Å². The highest BCUT2D eigenvalue weighted by Gasteiger charge is 2.20. The van der Waals surface area contributed by atoms with Crippen LogP contribution in [-0.2, 0) is 4.79 Å². The minimum atomic E-state index is -0.368. The second-order valence-electron chi connectivity index (χ2n) is 3.34. The second-order valence-corrected chi connectivity index (χ2v) is 3.34. The molecule has 0 saturated heterocycles. The van der Waals surface area contributed by atoms with Crippen LogP contribution in [0.5, 0.6) is 5.75 Å². The van der Waals surface area contributed by atoms with Crippen molar-refractivity contribution < 1.29 is 13.9 Å². The molecular weight excluding hydrogens is 185 g/mol. The fourth-order valence-corrected chi connectivity index (χ4v) is 1.27. The van der Waals surface area contributed by atoms with Gasteiger partial charge < -0.3 is 10.1 Å². The predicted molar refractivity (Wildman–Crippen MR) is 49.7 cm³/mol. The number of halogens is 1. The third-order valence-corrected chi connectivity index (χ3v) is 2.14. The van der Waals surface area contributed by atoms with Gasteiger partial charge in [0.25, 0.3) is 0 Å². The second kappa shape index (κ2) is 3.29. The number of anilines is 1. The third kappa shape index (κ3) is 1.55. The molecule has 1 amide bonds. The summed E-state index contributed by atoms with van der Waals surface area (Å²) < 4.78 is 18.1. The van der Waals surface area contributed by atoms with E-state index in [0.29, 0.717) is 11.4 Å². The van der Waals surface area contributed by atoms with Gasteiger partial charge in [-0.3, -0.25) is 4.79 Å². The van der Waals surface area contributed by atoms with E-state index < -0.39 is 0 Å². The highest BCUT2D eigenvalue weighted by Crippen LogP contribution is 2.28. The van der Waals surface area contributed by atoms with E-state index in [1.165, 1.54) is 18.2 Å². The van der Waals surface area contributed by atoms with Crippen LogP contribution in [0.25, 0.3) is 0 Å². The quantitative estimate of drug-likeness (QED) is 0.685. The number of nitrogens with one attached hydrogen (secondary N) is 1. The summed E-state index contributed by atoms with van der Waals surface area (Å²) in [6, 6.07) is 4.06. The van der Waals surface area contributed by atoms with E-state index >= 15 is 0 Å². The van der Waals surface area contributed by atoms with Gasteiger partial charge in [-0.2, -0.15) is 0 Å². The molecule has 4 heteroatoms. The molecule has 0 fully saturated rings. The molecule has 1 N–H and O–H groups in total. The average molecular weight is 195 g/mol. The molecule has 1 unspecified atom stereocenters. The first kappa shape index (κ1) is 8.99. The van der Waals surface area contributed by atoms with Gasteiger partial charge in [0.15, 0.2) is 0 Å². The Morgan fingerprint density at radius 1 is 1.57 bits per heavy atom. The van der Waals surface area contributed by atoms with Crippen LogP contribution in [0.1, 0.15) is 6.92 Å². The summed E-state index contributed by atoms with van der Waals surface area (Å²) in [6.07, 6.45) is 0. The Bertz CT molecular complexity index is 378. The molecule has 1 aliphatic rings. The first-order valence-electron chi connectivity index (χ1n) is 4.40. The maximum absolute atomic E-state index is 12.8. The van der Waals surface area contributed by atoms with Crippen molar-refractivity contribution in [2.45, 2.75) is 6.92 Å². The van der Waals surface area contributed by atoms with Crippen LogP contribution in [0.2, 0.25) is 0 Å². The van der Waals surface area contributed by atoms with E-state index in [1.54, 1.807) is 6.92 Å². The summed E-state index contributed by atoms with van der Waals surface area (Å²) in [6.45, 7) is 2.04. The van der Waals surface area contributed by atoms with E-state index in [1.807, 2.05) is 0 Å². The zero-order chi connectivity index (χ0) is 10.1. The van der Waals surface area contributed by atoms with Gasteiger partial charge in [0.1, 0.15) is 11.6 Å². The van der Waals surface area contributed by atoms with Crippen molar-refractivity contribution in [2.24, 2.45) is 5.92 Å². The summed E-state index contributed by atoms with van der Waals surface area (Å²) in [5, 5.41) is 2.67. The van der Waals surface area contributed by atoms with Gasteiger partial charge in [-0.1, -0.05) is 6.92 Å². The Morgan fingerprint density at radius 3 is 3.14 bits per heavy atom. The van der Waals surface area contributed by atoms with Gasteiger partial charge in [0.2, 0.25) is 5.91 Å². The number of fused-ring (bicyclic) bond motifs is 1. The molecule has 1 heterocycles. The summed E-state index contributed by atoms with van der Waals surface area (Å²) in [5.74, 6) is -0.295. The van der Waals surface area contributed by atoms with Crippen LogP contribution in [-0.4, -0.2) is 12.5 Å². The fraction of sp³-hybridized carbons (Fsp3) is 0.300. The van der Waals surface area contributed by atoms with Crippen molar-refractivity contribution in [1.29, 1.82) is 0 Å². The normalized spacial score (nSPS) is 20.4. The fourth-order valence-electron chi connectivity index (χ4n) is 1.27. The van der Waals surface area contributed by atoms with Crippen LogP contribution in [0.3, 0.4) is 0 Å². The van der Waals surface area contributed by atoms with E-state index in [9.17, 15) is 9.18 Å². The third-order valence-electron chi connectivity index (χ3n) is 2.14. The van der Waals surface area contributed by atoms with Gasteiger partial charge in [-0.15, -0.1) is 0 Å². The molecular formula is C10H10FNO2. The molecule has 14 heavy (non-hydrogen) atoms. The smallest absolute Gasteiger partial charge is 0.230 e. The Hall–Kier alpha value is -1.58. The number of ether oxygens (including phenoxy) is 1. The topological polar surface area (TPSA) is 38.3 Å². The van der Waals surface area contributed by atoms with Gasteiger partial charge in [0, 0.05) is 6.07 Å². The van der Waals surface area contributed by atoms with Crippen molar-refractivity contribution >= 4 is 11.6 Å². The number of benzene rings is 1. The lowest BCUT2D eigenvalue weighted by molar-refractivity contribution is -0.119. The lowest BCUT2D eigenvalue weighted by atomic mass is 10.2. The number of rotatable bonds is 0. The zero-order valence-electron chi connectivity index (χ0n) is 7.71. The van der Waals surface area contributed by atoms with Crippen molar-refractivity contribution in [3.63, 3.8) is 0 Å². The number of amides is 1. The number of carbonyl (C=O) groups excluding carboxylic acids is 1. The molecule has 2 rings (SSSR count). The maximum Gasteiger partial charge on any atom is 0.230 e. The monoisotopic (exact) mass is 195 g/mol. The standard InChI is InChI=1S/C10H10FNO2/c1-6-5-14-9-4-7(11)2-3-8(9)12-10(6)13/h2-4,6H,5H2,1H3,(H,12,13). The van der Waals surface area contributed by atoms with Crippen LogP contribution >= 0.6 is 0 Å². The SMILES string of the molecule is CC1COc2cc(F)ccc2NC1=O. The van der Waals surface area contributed by atoms with Crippen molar-refractivity contribution in [2.75, 3.05) is 11.9 Å². The zero-order valence-corrected chi connectivity index (χ0v) is 7.71. The number of carbonyl (C=O) groups is 1. The van der Waals surface area contributed by atoms with Crippen LogP contribution in [0, 0.1) is 11.7 Å². The lowest BCUT2D eigenvalue weighted by Gasteiger charge is -2.05. The van der Waals surface area contributed by atoms with Crippen molar-refractivity contribution in [3.05, 3.63) is 24.0 Å². The highest BCUT2D eigenvalue weighted by atomic mass is 19.1. The lowest BCUT2D eigenvalue weighted by Crippen LogP contribution is -2.21. The number of hydrogen-bond donors (Lipinski definition) is 1. The van der Waals surface area contributed by atoms with Crippen LogP contribution in [0.15, 0.2) is 18.2 Å².